The highest BCUT2D eigenvalue weighted by Crippen LogP contribution is 2.38. The molecule has 7 heteroatoms. The molecule has 0 fully saturated rings. The van der Waals surface area contributed by atoms with Gasteiger partial charge in [-0.1, -0.05) is 34.1 Å². The second-order valence-corrected chi connectivity index (χ2v) is 9.43. The minimum Gasteiger partial charge on any atom is -0.497 e. The Morgan fingerprint density at radius 1 is 1.09 bits per heavy atom. The first-order valence-corrected chi connectivity index (χ1v) is 11.9. The van der Waals surface area contributed by atoms with Gasteiger partial charge in [-0.15, -0.1) is 11.3 Å². The van der Waals surface area contributed by atoms with E-state index in [0.29, 0.717) is 11.5 Å². The van der Waals surface area contributed by atoms with Crippen molar-refractivity contribution in [1.29, 1.82) is 0 Å². The molecule has 1 aliphatic rings. The van der Waals surface area contributed by atoms with E-state index in [-0.39, 0.29) is 12.3 Å². The Hall–Kier alpha value is -3.03. The van der Waals surface area contributed by atoms with Crippen LogP contribution in [0.4, 0.5) is 5.82 Å². The fraction of sp³-hybridized carbons (Fsp3) is 0.160. The maximum Gasteiger partial charge on any atom is 0.230 e. The van der Waals surface area contributed by atoms with E-state index >= 15 is 0 Å². The standard InChI is InChI=1S/C25H20BrN3O2S/c1-31-18-9-10-19-16(14-18)6-11-20-23(19)29-24(21-3-2-12-32-21)25(27-20)28-22(30)13-15-4-7-17(26)8-5-15/h2-5,7-10,12,14H,6,11,13H2,1H3,(H,27,28,30). The van der Waals surface area contributed by atoms with Gasteiger partial charge in [-0.3, -0.25) is 4.79 Å². The number of nitrogens with zero attached hydrogens (tertiary/aromatic N) is 2. The maximum atomic E-state index is 12.8. The molecular weight excluding hydrogens is 486 g/mol. The minimum absolute atomic E-state index is 0.111. The van der Waals surface area contributed by atoms with Crippen LogP contribution in [0.3, 0.4) is 0 Å². The molecule has 5 nitrogen and oxygen atoms in total. The third kappa shape index (κ3) is 4.18. The Morgan fingerprint density at radius 3 is 2.69 bits per heavy atom. The van der Waals surface area contributed by atoms with Gasteiger partial charge in [0.2, 0.25) is 5.91 Å². The van der Waals surface area contributed by atoms with Crippen LogP contribution in [0.15, 0.2) is 64.5 Å². The summed E-state index contributed by atoms with van der Waals surface area (Å²) in [6, 6.07) is 17.8. The molecule has 2 aromatic carbocycles. The van der Waals surface area contributed by atoms with Gasteiger partial charge in [0.25, 0.3) is 0 Å². The highest BCUT2D eigenvalue weighted by Gasteiger charge is 2.24. The number of aryl methyl sites for hydroxylation is 2. The van der Waals surface area contributed by atoms with E-state index in [2.05, 4.69) is 27.3 Å². The van der Waals surface area contributed by atoms with Crippen LogP contribution >= 0.6 is 27.3 Å². The number of nitrogens with one attached hydrogen (secondary N) is 1. The lowest BCUT2D eigenvalue weighted by molar-refractivity contribution is -0.115. The summed E-state index contributed by atoms with van der Waals surface area (Å²) in [5.74, 6) is 1.25. The molecule has 0 saturated heterocycles. The number of benzene rings is 2. The number of ether oxygens (including phenoxy) is 1. The number of aromatic nitrogens is 2. The Morgan fingerprint density at radius 2 is 1.94 bits per heavy atom. The van der Waals surface area contributed by atoms with Gasteiger partial charge in [0, 0.05) is 10.0 Å². The van der Waals surface area contributed by atoms with Crippen LogP contribution in [-0.2, 0) is 24.1 Å². The van der Waals surface area contributed by atoms with Crippen LogP contribution in [0, 0.1) is 0 Å². The van der Waals surface area contributed by atoms with Gasteiger partial charge < -0.3 is 10.1 Å². The molecule has 32 heavy (non-hydrogen) atoms. The molecule has 0 spiro atoms. The summed E-state index contributed by atoms with van der Waals surface area (Å²) in [7, 11) is 1.68. The van der Waals surface area contributed by atoms with Crippen molar-refractivity contribution in [2.24, 2.45) is 0 Å². The van der Waals surface area contributed by atoms with Crippen molar-refractivity contribution in [1.82, 2.24) is 9.97 Å². The van der Waals surface area contributed by atoms with E-state index in [9.17, 15) is 4.79 Å². The molecule has 1 N–H and O–H groups in total. The van der Waals surface area contributed by atoms with Gasteiger partial charge in [-0.05, 0) is 65.7 Å². The molecule has 0 saturated carbocycles. The normalized spacial score (nSPS) is 12.1. The predicted octanol–water partition coefficient (Wildman–Crippen LogP) is 5.92. The zero-order valence-electron chi connectivity index (χ0n) is 17.4. The molecule has 0 bridgehead atoms. The number of carbonyl (C=O) groups is 1. The van der Waals surface area contributed by atoms with E-state index in [1.165, 1.54) is 5.56 Å². The molecule has 1 amide bonds. The molecule has 2 heterocycles. The zero-order chi connectivity index (χ0) is 22.1. The summed E-state index contributed by atoms with van der Waals surface area (Å²) >= 11 is 5.01. The van der Waals surface area contributed by atoms with E-state index in [1.54, 1.807) is 18.4 Å². The fourth-order valence-corrected chi connectivity index (χ4v) is 4.86. The van der Waals surface area contributed by atoms with Crippen LogP contribution in [0.25, 0.3) is 21.8 Å². The Balaban J connectivity index is 1.51. The fourth-order valence-electron chi connectivity index (χ4n) is 3.88. The number of amides is 1. The van der Waals surface area contributed by atoms with Crippen molar-refractivity contribution in [2.75, 3.05) is 12.4 Å². The van der Waals surface area contributed by atoms with Gasteiger partial charge in [0.05, 0.1) is 29.8 Å². The molecule has 2 aromatic heterocycles. The largest absolute Gasteiger partial charge is 0.497 e. The quantitative estimate of drug-likeness (QED) is 0.365. The predicted molar refractivity (Wildman–Crippen MR) is 131 cm³/mol. The van der Waals surface area contributed by atoms with Crippen LogP contribution in [0.2, 0.25) is 0 Å². The second kappa shape index (κ2) is 8.84. The van der Waals surface area contributed by atoms with E-state index < -0.39 is 0 Å². The van der Waals surface area contributed by atoms with Crippen molar-refractivity contribution in [3.63, 3.8) is 0 Å². The summed E-state index contributed by atoms with van der Waals surface area (Å²) < 4.78 is 6.37. The van der Waals surface area contributed by atoms with E-state index in [4.69, 9.17) is 14.7 Å². The summed E-state index contributed by atoms with van der Waals surface area (Å²) in [4.78, 5) is 23.7. The van der Waals surface area contributed by atoms with E-state index in [0.717, 1.165) is 50.5 Å². The third-order valence-corrected chi connectivity index (χ3v) is 6.86. The van der Waals surface area contributed by atoms with Gasteiger partial charge in [-0.2, -0.15) is 0 Å². The molecule has 5 rings (SSSR count). The van der Waals surface area contributed by atoms with Crippen LogP contribution in [0.1, 0.15) is 16.8 Å². The van der Waals surface area contributed by atoms with Crippen LogP contribution in [0.5, 0.6) is 5.75 Å². The third-order valence-electron chi connectivity index (χ3n) is 5.46. The number of halogens is 1. The second-order valence-electron chi connectivity index (χ2n) is 7.57. The Bertz CT molecular complexity index is 1290. The van der Waals surface area contributed by atoms with Gasteiger partial charge in [0.1, 0.15) is 11.4 Å². The average Bonchev–Trinajstić information content (AvgIpc) is 3.34. The van der Waals surface area contributed by atoms with Crippen LogP contribution < -0.4 is 10.1 Å². The molecule has 0 radical (unpaired) electrons. The van der Waals surface area contributed by atoms with Crippen molar-refractivity contribution in [2.45, 2.75) is 19.3 Å². The monoisotopic (exact) mass is 505 g/mol. The highest BCUT2D eigenvalue weighted by molar-refractivity contribution is 9.10. The molecule has 160 valence electrons. The summed E-state index contributed by atoms with van der Waals surface area (Å²) in [5.41, 5.74) is 5.70. The molecular formula is C25H20BrN3O2S. The number of carbonyl (C=O) groups excluding carboxylic acids is 1. The number of methoxy groups -OCH3 is 1. The lowest BCUT2D eigenvalue weighted by atomic mass is 9.91. The molecule has 0 unspecified atom stereocenters. The van der Waals surface area contributed by atoms with Crippen LogP contribution in [-0.4, -0.2) is 23.0 Å². The molecule has 1 aliphatic carbocycles. The first kappa shape index (κ1) is 20.8. The average molecular weight is 506 g/mol. The Kier molecular flexibility index (Phi) is 5.76. The lowest BCUT2D eigenvalue weighted by Crippen LogP contribution is -2.18. The molecule has 0 aliphatic heterocycles. The number of anilines is 1. The highest BCUT2D eigenvalue weighted by atomic mass is 79.9. The first-order valence-electron chi connectivity index (χ1n) is 10.3. The number of hydrogen-bond donors (Lipinski definition) is 1. The smallest absolute Gasteiger partial charge is 0.230 e. The molecule has 4 aromatic rings. The van der Waals surface area contributed by atoms with Gasteiger partial charge >= 0.3 is 0 Å². The maximum absolute atomic E-state index is 12.8. The Labute approximate surface area is 198 Å². The number of hydrogen-bond acceptors (Lipinski definition) is 5. The number of fused-ring (bicyclic) bond motifs is 3. The molecule has 0 atom stereocenters. The van der Waals surface area contributed by atoms with Crippen molar-refractivity contribution in [3.8, 4) is 27.6 Å². The SMILES string of the molecule is COc1ccc2c(c1)CCc1nc(NC(=O)Cc3ccc(Br)cc3)c(-c3cccs3)nc1-2. The first-order chi connectivity index (χ1) is 15.6. The lowest BCUT2D eigenvalue weighted by Gasteiger charge is -2.21. The van der Waals surface area contributed by atoms with Gasteiger partial charge in [0.15, 0.2) is 5.82 Å². The summed E-state index contributed by atoms with van der Waals surface area (Å²) in [5, 5.41) is 5.02. The van der Waals surface area contributed by atoms with Crippen molar-refractivity contribution < 1.29 is 9.53 Å². The number of rotatable bonds is 5. The summed E-state index contributed by atoms with van der Waals surface area (Å²) in [6.45, 7) is 0. The summed E-state index contributed by atoms with van der Waals surface area (Å²) in [6.07, 6.45) is 1.90. The van der Waals surface area contributed by atoms with Crippen molar-refractivity contribution >= 4 is 39.0 Å². The topological polar surface area (TPSA) is 64.1 Å². The zero-order valence-corrected chi connectivity index (χ0v) is 19.8. The van der Waals surface area contributed by atoms with Crippen molar-refractivity contribution in [3.05, 3.63) is 81.3 Å². The minimum atomic E-state index is -0.111. The number of thiophene rings is 1. The van der Waals surface area contributed by atoms with Gasteiger partial charge in [-0.25, -0.2) is 9.97 Å². The van der Waals surface area contributed by atoms with E-state index in [1.807, 2.05) is 53.9 Å².